The average molecular weight is 212 g/mol. The molecule has 1 aromatic rings. The van der Waals surface area contributed by atoms with Crippen molar-refractivity contribution >= 4 is 5.69 Å². The summed E-state index contributed by atoms with van der Waals surface area (Å²) in [5, 5.41) is 0. The van der Waals surface area contributed by atoms with Crippen LogP contribution in [0.3, 0.4) is 0 Å². The minimum absolute atomic E-state index is 0.195. The SMILES string of the molecule is Nc1ccnc(C(F)(F)C(F)(F)F)c1. The van der Waals surface area contributed by atoms with E-state index in [-0.39, 0.29) is 5.69 Å². The predicted octanol–water partition coefficient (Wildman–Crippen LogP) is 2.32. The highest BCUT2D eigenvalue weighted by atomic mass is 19.4. The van der Waals surface area contributed by atoms with Gasteiger partial charge >= 0.3 is 12.1 Å². The van der Waals surface area contributed by atoms with Gasteiger partial charge in [-0.2, -0.15) is 22.0 Å². The van der Waals surface area contributed by atoms with Gasteiger partial charge in [-0.1, -0.05) is 0 Å². The molecule has 78 valence electrons. The summed E-state index contributed by atoms with van der Waals surface area (Å²) >= 11 is 0. The zero-order chi connectivity index (χ0) is 11.0. The van der Waals surface area contributed by atoms with Crippen molar-refractivity contribution in [1.29, 1.82) is 0 Å². The average Bonchev–Trinajstić information content (AvgIpc) is 2.02. The lowest BCUT2D eigenvalue weighted by atomic mass is 10.2. The van der Waals surface area contributed by atoms with Crippen LogP contribution in [0.15, 0.2) is 18.3 Å². The van der Waals surface area contributed by atoms with Crippen molar-refractivity contribution in [3.05, 3.63) is 24.0 Å². The van der Waals surface area contributed by atoms with Gasteiger partial charge in [-0.25, -0.2) is 0 Å². The third-order valence-corrected chi connectivity index (χ3v) is 1.46. The molecule has 0 aliphatic carbocycles. The van der Waals surface area contributed by atoms with Crippen molar-refractivity contribution in [3.8, 4) is 0 Å². The molecule has 0 aliphatic rings. The zero-order valence-corrected chi connectivity index (χ0v) is 6.65. The fraction of sp³-hybridized carbons (Fsp3) is 0.286. The number of alkyl halides is 5. The summed E-state index contributed by atoms with van der Waals surface area (Å²) in [5.74, 6) is -4.97. The van der Waals surface area contributed by atoms with Gasteiger partial charge in [-0.15, -0.1) is 0 Å². The first-order valence-corrected chi connectivity index (χ1v) is 3.41. The minimum Gasteiger partial charge on any atom is -0.399 e. The second-order valence-electron chi connectivity index (χ2n) is 2.55. The second-order valence-corrected chi connectivity index (χ2v) is 2.55. The molecule has 1 rings (SSSR count). The van der Waals surface area contributed by atoms with E-state index in [0.29, 0.717) is 6.07 Å². The van der Waals surface area contributed by atoms with Gasteiger partial charge in [0.05, 0.1) is 0 Å². The van der Waals surface area contributed by atoms with Crippen LogP contribution < -0.4 is 5.73 Å². The van der Waals surface area contributed by atoms with Gasteiger partial charge in [-0.05, 0) is 12.1 Å². The molecule has 0 radical (unpaired) electrons. The normalized spacial score (nSPS) is 12.9. The fourth-order valence-corrected chi connectivity index (χ4v) is 0.764. The first-order chi connectivity index (χ1) is 6.25. The number of nitrogen functional groups attached to an aromatic ring is 1. The van der Waals surface area contributed by atoms with Gasteiger partial charge < -0.3 is 5.73 Å². The van der Waals surface area contributed by atoms with Gasteiger partial charge in [-0.3, -0.25) is 4.98 Å². The standard InChI is InChI=1S/C7H5F5N2/c8-6(9,7(10,11)12)5-3-4(13)1-2-14-5/h1-3H,(H2,13,14). The molecule has 0 fully saturated rings. The van der Waals surface area contributed by atoms with Crippen molar-refractivity contribution in [2.75, 3.05) is 5.73 Å². The summed E-state index contributed by atoms with van der Waals surface area (Å²) in [6, 6.07) is 1.61. The Morgan fingerprint density at radius 1 is 1.14 bits per heavy atom. The van der Waals surface area contributed by atoms with E-state index >= 15 is 0 Å². The molecule has 0 unspecified atom stereocenters. The lowest BCUT2D eigenvalue weighted by Gasteiger charge is -2.18. The number of hydrogen-bond donors (Lipinski definition) is 1. The summed E-state index contributed by atoms with van der Waals surface area (Å²) in [4.78, 5) is 2.93. The molecule has 0 bridgehead atoms. The van der Waals surface area contributed by atoms with Crippen LogP contribution in [0, 0.1) is 0 Å². The summed E-state index contributed by atoms with van der Waals surface area (Å²) < 4.78 is 60.7. The highest BCUT2D eigenvalue weighted by molar-refractivity contribution is 5.38. The molecule has 0 saturated heterocycles. The first kappa shape index (κ1) is 10.7. The molecular weight excluding hydrogens is 207 g/mol. The van der Waals surface area contributed by atoms with Crippen LogP contribution in [0.25, 0.3) is 0 Å². The Bertz CT molecular complexity index is 333. The number of anilines is 1. The number of nitrogens with zero attached hydrogens (tertiary/aromatic N) is 1. The fourth-order valence-electron chi connectivity index (χ4n) is 0.764. The van der Waals surface area contributed by atoms with E-state index in [0.717, 1.165) is 12.3 Å². The molecule has 0 aromatic carbocycles. The van der Waals surface area contributed by atoms with Crippen molar-refractivity contribution in [3.63, 3.8) is 0 Å². The zero-order valence-electron chi connectivity index (χ0n) is 6.65. The molecule has 1 aromatic heterocycles. The lowest BCUT2D eigenvalue weighted by molar-refractivity contribution is -0.290. The third-order valence-electron chi connectivity index (χ3n) is 1.46. The highest BCUT2D eigenvalue weighted by Crippen LogP contribution is 2.43. The van der Waals surface area contributed by atoms with E-state index in [2.05, 4.69) is 4.98 Å². The van der Waals surface area contributed by atoms with E-state index in [4.69, 9.17) is 5.73 Å². The second kappa shape index (κ2) is 3.07. The summed E-state index contributed by atoms with van der Waals surface area (Å²) in [7, 11) is 0. The topological polar surface area (TPSA) is 38.9 Å². The van der Waals surface area contributed by atoms with Gasteiger partial charge in [0.25, 0.3) is 0 Å². The third kappa shape index (κ3) is 1.75. The van der Waals surface area contributed by atoms with Crippen LogP contribution in [0.2, 0.25) is 0 Å². The van der Waals surface area contributed by atoms with E-state index < -0.39 is 17.8 Å². The number of pyridine rings is 1. The number of hydrogen-bond acceptors (Lipinski definition) is 2. The lowest BCUT2D eigenvalue weighted by Crippen LogP contribution is -2.34. The van der Waals surface area contributed by atoms with E-state index in [1.807, 2.05) is 0 Å². The monoisotopic (exact) mass is 212 g/mol. The summed E-state index contributed by atoms with van der Waals surface area (Å²) in [6.07, 6.45) is -4.86. The van der Waals surface area contributed by atoms with Crippen LogP contribution in [-0.4, -0.2) is 11.2 Å². The Morgan fingerprint density at radius 3 is 2.14 bits per heavy atom. The molecule has 0 aliphatic heterocycles. The van der Waals surface area contributed by atoms with Crippen LogP contribution in [0.5, 0.6) is 0 Å². The molecule has 0 saturated carbocycles. The maximum absolute atomic E-state index is 12.6. The number of aromatic nitrogens is 1. The largest absolute Gasteiger partial charge is 0.459 e. The van der Waals surface area contributed by atoms with Crippen molar-refractivity contribution < 1.29 is 22.0 Å². The summed E-state index contributed by atoms with van der Waals surface area (Å²) in [6.45, 7) is 0. The molecular formula is C7H5F5N2. The van der Waals surface area contributed by atoms with Crippen molar-refractivity contribution in [2.24, 2.45) is 0 Å². The summed E-state index contributed by atoms with van der Waals surface area (Å²) in [5.41, 5.74) is 3.46. The number of rotatable bonds is 1. The van der Waals surface area contributed by atoms with Gasteiger partial charge in [0.1, 0.15) is 5.69 Å². The van der Waals surface area contributed by atoms with Crippen molar-refractivity contribution in [1.82, 2.24) is 4.98 Å². The maximum Gasteiger partial charge on any atom is 0.459 e. The predicted molar refractivity (Wildman–Crippen MR) is 38.6 cm³/mol. The van der Waals surface area contributed by atoms with Crippen molar-refractivity contribution in [2.45, 2.75) is 12.1 Å². The minimum atomic E-state index is -5.66. The Kier molecular flexibility index (Phi) is 2.34. The van der Waals surface area contributed by atoms with Crippen LogP contribution >= 0.6 is 0 Å². The first-order valence-electron chi connectivity index (χ1n) is 3.41. The van der Waals surface area contributed by atoms with E-state index in [1.165, 1.54) is 0 Å². The highest BCUT2D eigenvalue weighted by Gasteiger charge is 2.59. The van der Waals surface area contributed by atoms with Crippen LogP contribution in [-0.2, 0) is 5.92 Å². The van der Waals surface area contributed by atoms with Gasteiger partial charge in [0, 0.05) is 11.9 Å². The Morgan fingerprint density at radius 2 is 1.71 bits per heavy atom. The molecule has 1 heterocycles. The maximum atomic E-state index is 12.6. The molecule has 14 heavy (non-hydrogen) atoms. The van der Waals surface area contributed by atoms with Crippen LogP contribution in [0.1, 0.15) is 5.69 Å². The molecule has 0 spiro atoms. The van der Waals surface area contributed by atoms with Gasteiger partial charge in [0.15, 0.2) is 0 Å². The molecule has 2 N–H and O–H groups in total. The quantitative estimate of drug-likeness (QED) is 0.725. The number of halogens is 5. The molecule has 2 nitrogen and oxygen atoms in total. The number of nitrogens with two attached hydrogens (primary N) is 1. The van der Waals surface area contributed by atoms with E-state index in [1.54, 1.807) is 0 Å². The molecule has 0 atom stereocenters. The smallest absolute Gasteiger partial charge is 0.399 e. The molecule has 0 amide bonds. The Labute approximate surface area is 75.5 Å². The Balaban J connectivity index is 3.16. The van der Waals surface area contributed by atoms with Gasteiger partial charge in [0.2, 0.25) is 0 Å². The molecule has 7 heteroatoms. The van der Waals surface area contributed by atoms with E-state index in [9.17, 15) is 22.0 Å². The Hall–Kier alpha value is -1.40. The van der Waals surface area contributed by atoms with Crippen LogP contribution in [0.4, 0.5) is 27.6 Å².